The SMILES string of the molecule is C=CCC(CCCC)OC(=O)c1ccccc1. The van der Waals surface area contributed by atoms with Crippen LogP contribution in [-0.4, -0.2) is 12.1 Å². The van der Waals surface area contributed by atoms with Crippen LogP contribution in [0, 0.1) is 0 Å². The summed E-state index contributed by atoms with van der Waals surface area (Å²) in [6.07, 6.45) is 5.56. The molecule has 1 unspecified atom stereocenters. The fourth-order valence-corrected chi connectivity index (χ4v) is 1.64. The minimum atomic E-state index is -0.242. The molecule has 2 heteroatoms. The molecule has 0 fully saturated rings. The first-order valence-electron chi connectivity index (χ1n) is 6.14. The number of unbranched alkanes of at least 4 members (excludes halogenated alkanes) is 1. The Labute approximate surface area is 103 Å². The Morgan fingerprint density at radius 2 is 2.12 bits per heavy atom. The molecule has 0 spiro atoms. The van der Waals surface area contributed by atoms with Gasteiger partial charge in [0, 0.05) is 6.42 Å². The first kappa shape index (κ1) is 13.5. The molecule has 1 rings (SSSR count). The molecule has 0 saturated heterocycles. The van der Waals surface area contributed by atoms with Gasteiger partial charge >= 0.3 is 5.97 Å². The van der Waals surface area contributed by atoms with Crippen molar-refractivity contribution in [3.05, 3.63) is 48.6 Å². The minimum Gasteiger partial charge on any atom is -0.458 e. The van der Waals surface area contributed by atoms with Crippen molar-refractivity contribution < 1.29 is 9.53 Å². The zero-order valence-electron chi connectivity index (χ0n) is 10.4. The highest BCUT2D eigenvalue weighted by Crippen LogP contribution is 2.12. The predicted octanol–water partition coefficient (Wildman–Crippen LogP) is 3.98. The molecule has 1 atom stereocenters. The van der Waals surface area contributed by atoms with E-state index in [1.165, 1.54) is 0 Å². The number of benzene rings is 1. The summed E-state index contributed by atoms with van der Waals surface area (Å²) in [5.74, 6) is -0.242. The molecular formula is C15H20O2. The van der Waals surface area contributed by atoms with Crippen LogP contribution < -0.4 is 0 Å². The average molecular weight is 232 g/mol. The van der Waals surface area contributed by atoms with Crippen molar-refractivity contribution in [1.82, 2.24) is 0 Å². The number of carbonyl (C=O) groups excluding carboxylic acids is 1. The van der Waals surface area contributed by atoms with Crippen molar-refractivity contribution >= 4 is 5.97 Å². The molecule has 0 radical (unpaired) electrons. The van der Waals surface area contributed by atoms with Crippen LogP contribution in [0.3, 0.4) is 0 Å². The second kappa shape index (κ2) is 7.66. The van der Waals surface area contributed by atoms with Gasteiger partial charge < -0.3 is 4.74 Å². The maximum absolute atomic E-state index is 11.8. The van der Waals surface area contributed by atoms with E-state index in [1.807, 2.05) is 18.2 Å². The average Bonchev–Trinajstić information content (AvgIpc) is 2.37. The van der Waals surface area contributed by atoms with Gasteiger partial charge in [-0.05, 0) is 18.6 Å². The Balaban J connectivity index is 2.54. The zero-order valence-corrected chi connectivity index (χ0v) is 10.4. The molecule has 0 aliphatic rings. The maximum Gasteiger partial charge on any atom is 0.338 e. The molecule has 1 aromatic carbocycles. The lowest BCUT2D eigenvalue weighted by atomic mass is 10.1. The Hall–Kier alpha value is -1.57. The highest BCUT2D eigenvalue weighted by Gasteiger charge is 2.13. The Kier molecular flexibility index (Phi) is 6.08. The van der Waals surface area contributed by atoms with Crippen LogP contribution in [0.15, 0.2) is 43.0 Å². The molecule has 0 aromatic heterocycles. The third kappa shape index (κ3) is 4.85. The topological polar surface area (TPSA) is 26.3 Å². The molecular weight excluding hydrogens is 212 g/mol. The standard InChI is InChI=1S/C15H20O2/c1-3-5-12-14(9-4-2)17-15(16)13-10-7-6-8-11-13/h4,6-8,10-11,14H,2-3,5,9,12H2,1H3. The fourth-order valence-electron chi connectivity index (χ4n) is 1.64. The highest BCUT2D eigenvalue weighted by atomic mass is 16.5. The zero-order chi connectivity index (χ0) is 12.5. The van der Waals surface area contributed by atoms with Crippen molar-refractivity contribution in [3.63, 3.8) is 0 Å². The molecule has 17 heavy (non-hydrogen) atoms. The van der Waals surface area contributed by atoms with Crippen LogP contribution >= 0.6 is 0 Å². The van der Waals surface area contributed by atoms with E-state index in [2.05, 4.69) is 13.5 Å². The molecule has 0 bridgehead atoms. The van der Waals surface area contributed by atoms with E-state index in [0.29, 0.717) is 5.56 Å². The van der Waals surface area contributed by atoms with E-state index >= 15 is 0 Å². The second-order valence-corrected chi connectivity index (χ2v) is 4.06. The van der Waals surface area contributed by atoms with Gasteiger partial charge in [0.05, 0.1) is 5.56 Å². The van der Waals surface area contributed by atoms with Crippen molar-refractivity contribution in [2.45, 2.75) is 38.7 Å². The molecule has 0 aliphatic heterocycles. The van der Waals surface area contributed by atoms with E-state index in [9.17, 15) is 4.79 Å². The van der Waals surface area contributed by atoms with Gasteiger partial charge in [-0.15, -0.1) is 6.58 Å². The summed E-state index contributed by atoms with van der Waals surface area (Å²) in [6, 6.07) is 9.10. The van der Waals surface area contributed by atoms with Crippen molar-refractivity contribution in [1.29, 1.82) is 0 Å². The lowest BCUT2D eigenvalue weighted by Crippen LogP contribution is -2.17. The van der Waals surface area contributed by atoms with Crippen LogP contribution in [0.4, 0.5) is 0 Å². The first-order chi connectivity index (χ1) is 8.27. The van der Waals surface area contributed by atoms with Gasteiger partial charge in [0.25, 0.3) is 0 Å². The first-order valence-corrected chi connectivity index (χ1v) is 6.14. The van der Waals surface area contributed by atoms with E-state index < -0.39 is 0 Å². The third-order valence-electron chi connectivity index (χ3n) is 2.59. The Morgan fingerprint density at radius 3 is 2.71 bits per heavy atom. The van der Waals surface area contributed by atoms with Gasteiger partial charge in [0.15, 0.2) is 0 Å². The van der Waals surface area contributed by atoms with Crippen LogP contribution in [0.25, 0.3) is 0 Å². The Morgan fingerprint density at radius 1 is 1.41 bits per heavy atom. The van der Waals surface area contributed by atoms with E-state index in [0.717, 1.165) is 25.7 Å². The quantitative estimate of drug-likeness (QED) is 0.525. The van der Waals surface area contributed by atoms with Crippen LogP contribution in [-0.2, 0) is 4.74 Å². The highest BCUT2D eigenvalue weighted by molar-refractivity contribution is 5.89. The van der Waals surface area contributed by atoms with Crippen LogP contribution in [0.1, 0.15) is 43.0 Å². The van der Waals surface area contributed by atoms with Gasteiger partial charge in [0.2, 0.25) is 0 Å². The molecule has 92 valence electrons. The van der Waals surface area contributed by atoms with Gasteiger partial charge in [-0.2, -0.15) is 0 Å². The number of rotatable bonds is 7. The van der Waals surface area contributed by atoms with Crippen LogP contribution in [0.5, 0.6) is 0 Å². The minimum absolute atomic E-state index is 0.0415. The molecule has 0 aliphatic carbocycles. The number of ether oxygens (including phenoxy) is 1. The molecule has 0 amide bonds. The molecule has 2 nitrogen and oxygen atoms in total. The summed E-state index contributed by atoms with van der Waals surface area (Å²) in [6.45, 7) is 5.83. The third-order valence-corrected chi connectivity index (χ3v) is 2.59. The maximum atomic E-state index is 11.8. The second-order valence-electron chi connectivity index (χ2n) is 4.06. The number of carbonyl (C=O) groups is 1. The lowest BCUT2D eigenvalue weighted by Gasteiger charge is -2.16. The summed E-state index contributed by atoms with van der Waals surface area (Å²) >= 11 is 0. The molecule has 1 aromatic rings. The van der Waals surface area contributed by atoms with E-state index in [1.54, 1.807) is 18.2 Å². The molecule has 0 saturated carbocycles. The monoisotopic (exact) mass is 232 g/mol. The van der Waals surface area contributed by atoms with Gasteiger partial charge in [-0.3, -0.25) is 0 Å². The van der Waals surface area contributed by atoms with Gasteiger partial charge in [-0.25, -0.2) is 4.79 Å². The summed E-state index contributed by atoms with van der Waals surface area (Å²) < 4.78 is 5.47. The lowest BCUT2D eigenvalue weighted by molar-refractivity contribution is 0.0284. The predicted molar refractivity (Wildman–Crippen MR) is 70.0 cm³/mol. The smallest absolute Gasteiger partial charge is 0.338 e. The fraction of sp³-hybridized carbons (Fsp3) is 0.400. The van der Waals surface area contributed by atoms with E-state index in [4.69, 9.17) is 4.74 Å². The van der Waals surface area contributed by atoms with Crippen molar-refractivity contribution in [3.8, 4) is 0 Å². The van der Waals surface area contributed by atoms with Crippen molar-refractivity contribution in [2.75, 3.05) is 0 Å². The van der Waals surface area contributed by atoms with Crippen LogP contribution in [0.2, 0.25) is 0 Å². The normalized spacial score (nSPS) is 11.8. The van der Waals surface area contributed by atoms with Gasteiger partial charge in [-0.1, -0.05) is 44.0 Å². The largest absolute Gasteiger partial charge is 0.458 e. The summed E-state index contributed by atoms with van der Waals surface area (Å²) in [7, 11) is 0. The number of hydrogen-bond acceptors (Lipinski definition) is 2. The number of hydrogen-bond donors (Lipinski definition) is 0. The summed E-state index contributed by atoms with van der Waals surface area (Å²) in [5, 5.41) is 0. The molecule has 0 N–H and O–H groups in total. The van der Waals surface area contributed by atoms with E-state index in [-0.39, 0.29) is 12.1 Å². The van der Waals surface area contributed by atoms with Crippen molar-refractivity contribution in [2.24, 2.45) is 0 Å². The Bertz CT molecular complexity index is 343. The summed E-state index contributed by atoms with van der Waals surface area (Å²) in [5.41, 5.74) is 0.609. The van der Waals surface area contributed by atoms with Gasteiger partial charge in [0.1, 0.15) is 6.10 Å². The molecule has 0 heterocycles. The number of esters is 1. The summed E-state index contributed by atoms with van der Waals surface area (Å²) in [4.78, 5) is 11.8.